The van der Waals surface area contributed by atoms with Crippen molar-refractivity contribution in [1.82, 2.24) is 5.32 Å². The van der Waals surface area contributed by atoms with E-state index in [4.69, 9.17) is 0 Å². The quantitative estimate of drug-likeness (QED) is 0.548. The number of hydrogen-bond acceptors (Lipinski definition) is 1. The Labute approximate surface area is 102 Å². The first-order valence-corrected chi connectivity index (χ1v) is 7.00. The van der Waals surface area contributed by atoms with E-state index < -0.39 is 0 Å². The molecule has 1 saturated carbocycles. The lowest BCUT2D eigenvalue weighted by Gasteiger charge is -2.32. The summed E-state index contributed by atoms with van der Waals surface area (Å²) in [5.41, 5.74) is 1.64. The normalized spacial score (nSPS) is 31.8. The van der Waals surface area contributed by atoms with Gasteiger partial charge in [0, 0.05) is 0 Å². The van der Waals surface area contributed by atoms with Crippen LogP contribution in [0.4, 0.5) is 0 Å². The largest absolute Gasteiger partial charge is 0.317 e. The van der Waals surface area contributed by atoms with Crippen LogP contribution in [0.5, 0.6) is 0 Å². The third-order valence-corrected chi connectivity index (χ3v) is 3.86. The molecular weight excluding hydrogens is 194 g/mol. The van der Waals surface area contributed by atoms with Crippen LogP contribution in [-0.4, -0.2) is 13.1 Å². The molecule has 16 heavy (non-hydrogen) atoms. The molecule has 2 atom stereocenters. The average molecular weight is 223 g/mol. The van der Waals surface area contributed by atoms with Crippen LogP contribution < -0.4 is 5.32 Å². The van der Waals surface area contributed by atoms with Crippen LogP contribution in [0.15, 0.2) is 11.6 Å². The highest BCUT2D eigenvalue weighted by Gasteiger charge is 2.24. The zero-order valence-electron chi connectivity index (χ0n) is 11.6. The van der Waals surface area contributed by atoms with Crippen LogP contribution >= 0.6 is 0 Å². The Hall–Kier alpha value is -0.300. The van der Waals surface area contributed by atoms with E-state index >= 15 is 0 Å². The highest BCUT2D eigenvalue weighted by atomic mass is 14.8. The van der Waals surface area contributed by atoms with Gasteiger partial charge < -0.3 is 5.32 Å². The van der Waals surface area contributed by atoms with Gasteiger partial charge in [-0.25, -0.2) is 0 Å². The first-order valence-electron chi connectivity index (χ1n) is 7.00. The van der Waals surface area contributed by atoms with Gasteiger partial charge in [-0.1, -0.05) is 32.4 Å². The number of rotatable bonds is 5. The maximum absolute atomic E-state index is 3.38. The van der Waals surface area contributed by atoms with E-state index in [-0.39, 0.29) is 0 Å². The molecule has 1 aliphatic carbocycles. The number of hydrogen-bond donors (Lipinski definition) is 1. The fraction of sp³-hybridized carbons (Fsp3) is 0.867. The maximum Gasteiger partial charge on any atom is -0.00143 e. The molecule has 0 aromatic rings. The van der Waals surface area contributed by atoms with E-state index in [1.807, 2.05) is 0 Å². The molecule has 0 amide bonds. The first kappa shape index (κ1) is 13.8. The summed E-state index contributed by atoms with van der Waals surface area (Å²) in [5, 5.41) is 3.38. The third kappa shape index (κ3) is 4.69. The van der Waals surface area contributed by atoms with Crippen LogP contribution in [0, 0.1) is 17.8 Å². The lowest BCUT2D eigenvalue weighted by molar-refractivity contribution is 0.243. The maximum atomic E-state index is 3.38. The molecule has 0 radical (unpaired) electrons. The van der Waals surface area contributed by atoms with Gasteiger partial charge in [-0.3, -0.25) is 0 Å². The molecule has 0 aromatic heterocycles. The predicted molar refractivity (Wildman–Crippen MR) is 72.6 cm³/mol. The Bertz CT molecular complexity index is 209. The molecule has 2 unspecified atom stereocenters. The van der Waals surface area contributed by atoms with Gasteiger partial charge in [0.1, 0.15) is 0 Å². The van der Waals surface area contributed by atoms with E-state index in [0.29, 0.717) is 0 Å². The van der Waals surface area contributed by atoms with Gasteiger partial charge in [0.05, 0.1) is 0 Å². The minimum absolute atomic E-state index is 0.861. The molecule has 0 spiro atoms. The summed E-state index contributed by atoms with van der Waals surface area (Å²) >= 11 is 0. The van der Waals surface area contributed by atoms with Crippen LogP contribution in [0.1, 0.15) is 53.4 Å². The Balaban J connectivity index is 2.36. The van der Waals surface area contributed by atoms with E-state index in [1.54, 1.807) is 5.57 Å². The Morgan fingerprint density at radius 1 is 1.19 bits per heavy atom. The standard InChI is InChI=1S/C15H29N/c1-5-16-8-6-7-14(4)15-10-12(2)9-13(3)11-15/h7,12-13,15-16H,5-6,8-11H2,1-4H3. The first-order chi connectivity index (χ1) is 7.63. The van der Waals surface area contributed by atoms with Crippen molar-refractivity contribution in [3.63, 3.8) is 0 Å². The summed E-state index contributed by atoms with van der Waals surface area (Å²) in [4.78, 5) is 0. The summed E-state index contributed by atoms with van der Waals surface area (Å²) in [5.74, 6) is 2.71. The van der Waals surface area contributed by atoms with Gasteiger partial charge in [0.2, 0.25) is 0 Å². The van der Waals surface area contributed by atoms with Crippen molar-refractivity contribution < 1.29 is 0 Å². The average Bonchev–Trinajstić information content (AvgIpc) is 2.22. The molecule has 1 N–H and O–H groups in total. The predicted octanol–water partition coefficient (Wildman–Crippen LogP) is 4.00. The van der Waals surface area contributed by atoms with Gasteiger partial charge in [-0.2, -0.15) is 0 Å². The summed E-state index contributed by atoms with van der Waals surface area (Å²) in [7, 11) is 0. The number of nitrogens with one attached hydrogen (secondary N) is 1. The van der Waals surface area contributed by atoms with E-state index in [1.165, 1.54) is 25.7 Å². The highest BCUT2D eigenvalue weighted by Crippen LogP contribution is 2.36. The van der Waals surface area contributed by atoms with Crippen molar-refractivity contribution in [2.45, 2.75) is 53.4 Å². The SMILES string of the molecule is CCNCCC=C(C)C1CC(C)CC(C)C1. The fourth-order valence-corrected chi connectivity index (χ4v) is 3.06. The lowest BCUT2D eigenvalue weighted by Crippen LogP contribution is -2.20. The Kier molecular flexibility index (Phi) is 6.12. The summed E-state index contributed by atoms with van der Waals surface area (Å²) in [6, 6.07) is 0. The van der Waals surface area contributed by atoms with E-state index in [0.717, 1.165) is 30.8 Å². The fourth-order valence-electron chi connectivity index (χ4n) is 3.06. The zero-order chi connectivity index (χ0) is 12.0. The minimum Gasteiger partial charge on any atom is -0.317 e. The Morgan fingerprint density at radius 3 is 2.38 bits per heavy atom. The summed E-state index contributed by atoms with van der Waals surface area (Å²) in [6.45, 7) is 11.5. The second kappa shape index (κ2) is 7.11. The van der Waals surface area contributed by atoms with Crippen LogP contribution in [0.25, 0.3) is 0 Å². The molecule has 1 nitrogen and oxygen atoms in total. The monoisotopic (exact) mass is 223 g/mol. The van der Waals surface area contributed by atoms with Crippen molar-refractivity contribution in [3.8, 4) is 0 Å². The van der Waals surface area contributed by atoms with Crippen molar-refractivity contribution in [3.05, 3.63) is 11.6 Å². The topological polar surface area (TPSA) is 12.0 Å². The second-order valence-electron chi connectivity index (χ2n) is 5.70. The second-order valence-corrected chi connectivity index (χ2v) is 5.70. The molecule has 0 aromatic carbocycles. The van der Waals surface area contributed by atoms with E-state index in [9.17, 15) is 0 Å². The number of allylic oxidation sites excluding steroid dienone is 1. The molecule has 1 aliphatic rings. The molecule has 94 valence electrons. The molecule has 1 fully saturated rings. The van der Waals surface area contributed by atoms with Gasteiger partial charge >= 0.3 is 0 Å². The van der Waals surface area contributed by atoms with Gasteiger partial charge in [0.15, 0.2) is 0 Å². The van der Waals surface area contributed by atoms with Crippen molar-refractivity contribution in [1.29, 1.82) is 0 Å². The molecule has 0 heterocycles. The molecular formula is C15H29N. The summed E-state index contributed by atoms with van der Waals surface area (Å²) < 4.78 is 0. The van der Waals surface area contributed by atoms with Crippen LogP contribution in [-0.2, 0) is 0 Å². The Morgan fingerprint density at radius 2 is 1.81 bits per heavy atom. The van der Waals surface area contributed by atoms with Crippen molar-refractivity contribution in [2.24, 2.45) is 17.8 Å². The van der Waals surface area contributed by atoms with Gasteiger partial charge in [0.25, 0.3) is 0 Å². The zero-order valence-corrected chi connectivity index (χ0v) is 11.6. The van der Waals surface area contributed by atoms with Gasteiger partial charge in [-0.15, -0.1) is 0 Å². The molecule has 0 bridgehead atoms. The smallest absolute Gasteiger partial charge is 0.00143 e. The van der Waals surface area contributed by atoms with Crippen molar-refractivity contribution in [2.75, 3.05) is 13.1 Å². The molecule has 0 aliphatic heterocycles. The summed E-state index contributed by atoms with van der Waals surface area (Å²) in [6.07, 6.45) is 7.90. The van der Waals surface area contributed by atoms with E-state index in [2.05, 4.69) is 39.1 Å². The lowest BCUT2D eigenvalue weighted by atomic mass is 9.74. The minimum atomic E-state index is 0.861. The van der Waals surface area contributed by atoms with Gasteiger partial charge in [-0.05, 0) is 63.5 Å². The van der Waals surface area contributed by atoms with Crippen LogP contribution in [0.3, 0.4) is 0 Å². The van der Waals surface area contributed by atoms with Crippen molar-refractivity contribution >= 4 is 0 Å². The molecule has 1 heteroatoms. The molecule has 0 saturated heterocycles. The highest BCUT2D eigenvalue weighted by molar-refractivity contribution is 5.05. The van der Waals surface area contributed by atoms with Crippen LogP contribution in [0.2, 0.25) is 0 Å². The molecule has 1 rings (SSSR count). The third-order valence-electron chi connectivity index (χ3n) is 3.86.